The Hall–Kier alpha value is -0.570. The van der Waals surface area contributed by atoms with Crippen molar-refractivity contribution >= 4 is 5.91 Å². The molecule has 0 atom stereocenters. The summed E-state index contributed by atoms with van der Waals surface area (Å²) >= 11 is 0. The van der Waals surface area contributed by atoms with Crippen molar-refractivity contribution in [1.29, 1.82) is 0 Å². The van der Waals surface area contributed by atoms with Gasteiger partial charge in [0.2, 0.25) is 5.91 Å². The van der Waals surface area contributed by atoms with E-state index in [1.165, 1.54) is 19.3 Å². The van der Waals surface area contributed by atoms with Gasteiger partial charge in [0.15, 0.2) is 0 Å². The molecular weight excluding hydrogens is 248 g/mol. The van der Waals surface area contributed by atoms with Gasteiger partial charge < -0.3 is 10.6 Å². The molecular formula is C17H32N2O. The first-order chi connectivity index (χ1) is 9.25. The van der Waals surface area contributed by atoms with E-state index in [4.69, 9.17) is 0 Å². The van der Waals surface area contributed by atoms with Gasteiger partial charge in [0, 0.05) is 18.5 Å². The normalized spacial score (nSPS) is 27.1. The maximum absolute atomic E-state index is 12.3. The number of carbonyl (C=O) groups is 1. The first-order valence-corrected chi connectivity index (χ1v) is 8.21. The van der Waals surface area contributed by atoms with Crippen LogP contribution in [-0.4, -0.2) is 25.0 Å². The number of amides is 1. The second-order valence-corrected chi connectivity index (χ2v) is 8.07. The summed E-state index contributed by atoms with van der Waals surface area (Å²) in [5, 5.41) is 6.61. The Morgan fingerprint density at radius 3 is 2.05 bits per heavy atom. The quantitative estimate of drug-likeness (QED) is 0.812. The minimum Gasteiger partial charge on any atom is -0.356 e. The molecule has 2 N–H and O–H groups in total. The molecule has 0 aromatic carbocycles. The second kappa shape index (κ2) is 5.32. The van der Waals surface area contributed by atoms with Gasteiger partial charge in [0.25, 0.3) is 0 Å². The third-order valence-corrected chi connectivity index (χ3v) is 6.66. The molecule has 2 aliphatic carbocycles. The highest BCUT2D eigenvalue weighted by molar-refractivity contribution is 5.77. The zero-order chi connectivity index (χ0) is 15.0. The van der Waals surface area contributed by atoms with Crippen LogP contribution in [0.2, 0.25) is 0 Å². The number of hydrogen-bond acceptors (Lipinski definition) is 2. The highest BCUT2D eigenvalue weighted by atomic mass is 16.1. The van der Waals surface area contributed by atoms with Gasteiger partial charge in [-0.05, 0) is 36.6 Å². The fourth-order valence-electron chi connectivity index (χ4n) is 4.17. The molecule has 0 saturated heterocycles. The molecule has 2 saturated carbocycles. The van der Waals surface area contributed by atoms with Gasteiger partial charge in [0.05, 0.1) is 0 Å². The molecule has 0 aromatic heterocycles. The summed E-state index contributed by atoms with van der Waals surface area (Å²) < 4.78 is 0. The fraction of sp³-hybridized carbons (Fsp3) is 0.941. The lowest BCUT2D eigenvalue weighted by molar-refractivity contribution is -0.123. The van der Waals surface area contributed by atoms with E-state index in [1.54, 1.807) is 0 Å². The predicted molar refractivity (Wildman–Crippen MR) is 83.6 cm³/mol. The number of rotatable bonds is 5. The average molecular weight is 280 g/mol. The van der Waals surface area contributed by atoms with E-state index < -0.39 is 0 Å². The van der Waals surface area contributed by atoms with Crippen molar-refractivity contribution in [1.82, 2.24) is 10.6 Å². The van der Waals surface area contributed by atoms with Crippen LogP contribution in [0.1, 0.15) is 66.2 Å². The number of nitrogens with one attached hydrogen (secondary N) is 2. The van der Waals surface area contributed by atoms with Crippen LogP contribution in [0, 0.1) is 16.7 Å². The predicted octanol–water partition coefficient (Wildman–Crippen LogP) is 3.10. The van der Waals surface area contributed by atoms with E-state index in [-0.39, 0.29) is 11.4 Å². The highest BCUT2D eigenvalue weighted by Gasteiger charge is 2.64. The minimum absolute atomic E-state index is 0.0525. The van der Waals surface area contributed by atoms with Crippen LogP contribution in [0.4, 0.5) is 0 Å². The van der Waals surface area contributed by atoms with Gasteiger partial charge in [0.1, 0.15) is 0 Å². The summed E-state index contributed by atoms with van der Waals surface area (Å²) in [7, 11) is 2.01. The standard InChI is InChI=1S/C17H32N2O/c1-15(2)13(16(15,3)4)12-19-14(20)11-17(18-5)9-7-6-8-10-17/h13,18H,6-12H2,1-5H3,(H,19,20). The maximum Gasteiger partial charge on any atom is 0.221 e. The van der Waals surface area contributed by atoms with Crippen LogP contribution in [0.15, 0.2) is 0 Å². The summed E-state index contributed by atoms with van der Waals surface area (Å²) in [5.74, 6) is 0.829. The molecule has 2 fully saturated rings. The molecule has 0 radical (unpaired) electrons. The Labute approximate surface area is 124 Å². The molecule has 0 spiro atoms. The van der Waals surface area contributed by atoms with E-state index in [2.05, 4.69) is 38.3 Å². The number of carbonyl (C=O) groups excluding carboxylic acids is 1. The van der Waals surface area contributed by atoms with Crippen molar-refractivity contribution in [3.63, 3.8) is 0 Å². The van der Waals surface area contributed by atoms with Crippen LogP contribution in [0.5, 0.6) is 0 Å². The van der Waals surface area contributed by atoms with Crippen molar-refractivity contribution in [3.05, 3.63) is 0 Å². The van der Waals surface area contributed by atoms with Gasteiger partial charge in [-0.1, -0.05) is 47.0 Å². The molecule has 3 nitrogen and oxygen atoms in total. The first kappa shape index (κ1) is 15.8. The summed E-state index contributed by atoms with van der Waals surface area (Å²) in [6.07, 6.45) is 6.72. The van der Waals surface area contributed by atoms with Crippen LogP contribution in [0.25, 0.3) is 0 Å². The van der Waals surface area contributed by atoms with E-state index >= 15 is 0 Å². The Morgan fingerprint density at radius 2 is 1.60 bits per heavy atom. The third kappa shape index (κ3) is 2.74. The van der Waals surface area contributed by atoms with Crippen LogP contribution >= 0.6 is 0 Å². The molecule has 2 rings (SSSR count). The zero-order valence-corrected chi connectivity index (χ0v) is 13.9. The molecule has 2 aliphatic rings. The SMILES string of the molecule is CNC1(CC(=O)NCC2C(C)(C)C2(C)C)CCCCC1. The van der Waals surface area contributed by atoms with Crippen LogP contribution in [-0.2, 0) is 4.79 Å². The Morgan fingerprint density at radius 1 is 1.05 bits per heavy atom. The molecule has 1 amide bonds. The molecule has 0 heterocycles. The van der Waals surface area contributed by atoms with E-state index in [0.717, 1.165) is 19.4 Å². The van der Waals surface area contributed by atoms with Crippen LogP contribution in [0.3, 0.4) is 0 Å². The second-order valence-electron chi connectivity index (χ2n) is 8.07. The summed E-state index contributed by atoms with van der Waals surface area (Å²) in [6, 6.07) is 0. The number of hydrogen-bond donors (Lipinski definition) is 2. The monoisotopic (exact) mass is 280 g/mol. The molecule has 0 unspecified atom stereocenters. The highest BCUT2D eigenvalue weighted by Crippen LogP contribution is 2.67. The smallest absolute Gasteiger partial charge is 0.221 e. The summed E-state index contributed by atoms with van der Waals surface area (Å²) in [6.45, 7) is 10.1. The van der Waals surface area contributed by atoms with Crippen molar-refractivity contribution in [2.45, 2.75) is 71.8 Å². The van der Waals surface area contributed by atoms with Crippen molar-refractivity contribution in [3.8, 4) is 0 Å². The average Bonchev–Trinajstić information content (AvgIpc) is 2.78. The largest absolute Gasteiger partial charge is 0.356 e. The van der Waals surface area contributed by atoms with E-state index in [1.807, 2.05) is 7.05 Å². The lowest BCUT2D eigenvalue weighted by atomic mass is 9.79. The lowest BCUT2D eigenvalue weighted by Crippen LogP contribution is -2.48. The molecule has 0 aliphatic heterocycles. The van der Waals surface area contributed by atoms with Crippen molar-refractivity contribution in [2.75, 3.05) is 13.6 Å². The van der Waals surface area contributed by atoms with Gasteiger partial charge in [-0.15, -0.1) is 0 Å². The minimum atomic E-state index is 0.0525. The molecule has 20 heavy (non-hydrogen) atoms. The molecule has 0 aromatic rings. The third-order valence-electron chi connectivity index (χ3n) is 6.66. The Balaban J connectivity index is 1.81. The summed E-state index contributed by atoms with van der Waals surface area (Å²) in [5.41, 5.74) is 0.758. The topological polar surface area (TPSA) is 41.1 Å². The summed E-state index contributed by atoms with van der Waals surface area (Å²) in [4.78, 5) is 12.3. The maximum atomic E-state index is 12.3. The zero-order valence-electron chi connectivity index (χ0n) is 13.9. The molecule has 3 heteroatoms. The Bertz CT molecular complexity index is 353. The Kier molecular flexibility index (Phi) is 4.21. The molecule has 116 valence electrons. The van der Waals surface area contributed by atoms with Crippen molar-refractivity contribution < 1.29 is 4.79 Å². The lowest BCUT2D eigenvalue weighted by Gasteiger charge is -2.36. The van der Waals surface area contributed by atoms with Gasteiger partial charge in [-0.25, -0.2) is 0 Å². The fourth-order valence-corrected chi connectivity index (χ4v) is 4.17. The van der Waals surface area contributed by atoms with Gasteiger partial charge >= 0.3 is 0 Å². The van der Waals surface area contributed by atoms with E-state index in [0.29, 0.717) is 23.2 Å². The van der Waals surface area contributed by atoms with Crippen molar-refractivity contribution in [2.24, 2.45) is 16.7 Å². The van der Waals surface area contributed by atoms with Crippen LogP contribution < -0.4 is 10.6 Å². The van der Waals surface area contributed by atoms with Gasteiger partial charge in [-0.3, -0.25) is 4.79 Å². The van der Waals surface area contributed by atoms with E-state index in [9.17, 15) is 4.79 Å². The first-order valence-electron chi connectivity index (χ1n) is 8.21. The molecule has 0 bridgehead atoms. The van der Waals surface area contributed by atoms with Gasteiger partial charge in [-0.2, -0.15) is 0 Å².